The van der Waals surface area contributed by atoms with E-state index in [9.17, 15) is 5.11 Å². The van der Waals surface area contributed by atoms with Gasteiger partial charge in [-0.2, -0.15) is 4.37 Å². The number of hydrogen-bond acceptors (Lipinski definition) is 4. The fraction of sp³-hybridized carbons (Fsp3) is 0. The zero-order valence-corrected chi connectivity index (χ0v) is 9.63. The Hall–Kier alpha value is -2.14. The zero-order chi connectivity index (χ0) is 11.7. The molecule has 2 aromatic heterocycles. The molecule has 0 spiro atoms. The molecule has 3 rings (SSSR count). The quantitative estimate of drug-likeness (QED) is 0.713. The van der Waals surface area contributed by atoms with E-state index in [-0.39, 0.29) is 5.75 Å². The van der Waals surface area contributed by atoms with Crippen LogP contribution in [0.2, 0.25) is 0 Å². The lowest BCUT2D eigenvalue weighted by Crippen LogP contribution is -2.04. The Morgan fingerprint density at radius 2 is 1.94 bits per heavy atom. The molecule has 0 unspecified atom stereocenters. The molecule has 0 atom stereocenters. The van der Waals surface area contributed by atoms with Gasteiger partial charge in [-0.05, 0) is 24.3 Å². The van der Waals surface area contributed by atoms with Crippen molar-refractivity contribution in [1.82, 2.24) is 8.77 Å². The number of hydrogen-bond donors (Lipinski definition) is 1. The number of para-hydroxylation sites is 2. The molecular weight excluding hydrogens is 234 g/mol. The normalized spacial score (nSPS) is 12.1. The Morgan fingerprint density at radius 3 is 2.82 bits per heavy atom. The van der Waals surface area contributed by atoms with Gasteiger partial charge < -0.3 is 5.11 Å². The monoisotopic (exact) mass is 243 g/mol. The molecule has 0 radical (unpaired) electrons. The maximum Gasteiger partial charge on any atom is 0.213 e. The van der Waals surface area contributed by atoms with E-state index in [4.69, 9.17) is 0 Å². The summed E-state index contributed by atoms with van der Waals surface area (Å²) in [6.45, 7) is 0. The molecule has 0 amide bonds. The number of rotatable bonds is 1. The number of fused-ring (bicyclic) bond motifs is 1. The molecule has 0 aliphatic carbocycles. The molecule has 5 heteroatoms. The van der Waals surface area contributed by atoms with E-state index in [1.165, 1.54) is 11.5 Å². The molecule has 1 aromatic carbocycles. The van der Waals surface area contributed by atoms with Crippen LogP contribution in [0, 0.1) is 0 Å². The molecule has 2 heterocycles. The summed E-state index contributed by atoms with van der Waals surface area (Å²) >= 11 is 1.30. The van der Waals surface area contributed by atoms with Crippen LogP contribution in [-0.4, -0.2) is 13.9 Å². The van der Waals surface area contributed by atoms with E-state index >= 15 is 0 Å². The largest absolute Gasteiger partial charge is 0.506 e. The minimum absolute atomic E-state index is 0.172. The number of aromatic nitrogens is 2. The summed E-state index contributed by atoms with van der Waals surface area (Å²) in [5, 5.41) is 9.66. The Bertz CT molecular complexity index is 729. The van der Waals surface area contributed by atoms with Crippen LogP contribution < -0.4 is 4.80 Å². The third-order valence-electron chi connectivity index (χ3n) is 2.36. The number of phenolic OH excluding ortho intramolecular Hbond substituents is 1. The van der Waals surface area contributed by atoms with Crippen LogP contribution in [0.4, 0.5) is 5.69 Å². The first kappa shape index (κ1) is 10.0. The van der Waals surface area contributed by atoms with Crippen molar-refractivity contribution in [3.8, 4) is 5.75 Å². The van der Waals surface area contributed by atoms with Crippen molar-refractivity contribution >= 4 is 22.9 Å². The summed E-state index contributed by atoms with van der Waals surface area (Å²) in [5.41, 5.74) is 1.40. The van der Waals surface area contributed by atoms with Gasteiger partial charge in [-0.25, -0.2) is 4.99 Å². The molecule has 0 saturated heterocycles. The Labute approximate surface area is 101 Å². The molecule has 3 aromatic rings. The van der Waals surface area contributed by atoms with Crippen LogP contribution in [-0.2, 0) is 0 Å². The average Bonchev–Trinajstić information content (AvgIpc) is 2.76. The van der Waals surface area contributed by atoms with Crippen LogP contribution in [0.15, 0.2) is 53.7 Å². The van der Waals surface area contributed by atoms with Gasteiger partial charge >= 0.3 is 0 Å². The lowest BCUT2D eigenvalue weighted by Gasteiger charge is -1.96. The predicted octanol–water partition coefficient (Wildman–Crippen LogP) is 2.33. The molecule has 17 heavy (non-hydrogen) atoms. The van der Waals surface area contributed by atoms with Crippen molar-refractivity contribution in [1.29, 1.82) is 0 Å². The van der Waals surface area contributed by atoms with Crippen LogP contribution in [0.3, 0.4) is 0 Å². The third-order valence-corrected chi connectivity index (χ3v) is 3.09. The summed E-state index contributed by atoms with van der Waals surface area (Å²) in [6.07, 6.45) is 1.90. The fourth-order valence-electron chi connectivity index (χ4n) is 1.54. The highest BCUT2D eigenvalue weighted by Gasteiger charge is 2.00. The van der Waals surface area contributed by atoms with Gasteiger partial charge in [0.2, 0.25) is 4.80 Å². The summed E-state index contributed by atoms with van der Waals surface area (Å²) in [7, 11) is 0. The molecule has 84 valence electrons. The maximum atomic E-state index is 9.66. The number of pyridine rings is 1. The zero-order valence-electron chi connectivity index (χ0n) is 8.82. The second kappa shape index (κ2) is 4.03. The minimum Gasteiger partial charge on any atom is -0.506 e. The van der Waals surface area contributed by atoms with Crippen LogP contribution in [0.1, 0.15) is 0 Å². The lowest BCUT2D eigenvalue weighted by molar-refractivity contribution is 0.476. The van der Waals surface area contributed by atoms with Gasteiger partial charge in [0.25, 0.3) is 0 Å². The van der Waals surface area contributed by atoms with E-state index in [0.29, 0.717) is 5.69 Å². The van der Waals surface area contributed by atoms with Crippen molar-refractivity contribution in [2.45, 2.75) is 0 Å². The van der Waals surface area contributed by atoms with Gasteiger partial charge in [0.1, 0.15) is 11.4 Å². The molecule has 4 nitrogen and oxygen atoms in total. The molecule has 1 N–H and O–H groups in total. The van der Waals surface area contributed by atoms with E-state index in [1.54, 1.807) is 18.2 Å². The third kappa shape index (κ3) is 1.81. The van der Waals surface area contributed by atoms with Crippen LogP contribution in [0.5, 0.6) is 5.75 Å². The standard InChI is InChI=1S/C12H9N3OS/c16-10-6-2-1-5-9(10)13-12-15-8-4-3-7-11(15)14-17-12/h1-8,16H/b13-12-. The van der Waals surface area contributed by atoms with Gasteiger partial charge in [-0.15, -0.1) is 0 Å². The Kier molecular flexibility index (Phi) is 2.38. The first-order valence-corrected chi connectivity index (χ1v) is 5.88. The van der Waals surface area contributed by atoms with Crippen molar-refractivity contribution < 1.29 is 5.11 Å². The van der Waals surface area contributed by atoms with Gasteiger partial charge in [0, 0.05) is 17.7 Å². The van der Waals surface area contributed by atoms with Crippen molar-refractivity contribution in [2.75, 3.05) is 0 Å². The first-order chi connectivity index (χ1) is 8.34. The van der Waals surface area contributed by atoms with Crippen LogP contribution >= 0.6 is 11.5 Å². The second-order valence-electron chi connectivity index (χ2n) is 3.49. The second-order valence-corrected chi connectivity index (χ2v) is 4.22. The SMILES string of the molecule is Oc1ccccc1/N=c1\snc2ccccn12. The molecule has 0 saturated carbocycles. The average molecular weight is 243 g/mol. The number of benzene rings is 1. The van der Waals surface area contributed by atoms with Crippen molar-refractivity contribution in [3.05, 3.63) is 53.5 Å². The molecule has 0 bridgehead atoms. The maximum absolute atomic E-state index is 9.66. The highest BCUT2D eigenvalue weighted by atomic mass is 32.1. The molecule has 0 aliphatic rings. The summed E-state index contributed by atoms with van der Waals surface area (Å²) in [4.78, 5) is 5.14. The molecule has 0 aliphatic heterocycles. The number of aromatic hydroxyl groups is 1. The van der Waals surface area contributed by atoms with E-state index in [2.05, 4.69) is 9.37 Å². The number of phenols is 1. The summed E-state index contributed by atoms with van der Waals surface area (Å²) < 4.78 is 6.16. The lowest BCUT2D eigenvalue weighted by atomic mass is 10.3. The predicted molar refractivity (Wildman–Crippen MR) is 66.4 cm³/mol. The minimum atomic E-state index is 0.172. The highest BCUT2D eigenvalue weighted by Crippen LogP contribution is 2.24. The fourth-order valence-corrected chi connectivity index (χ4v) is 2.24. The van der Waals surface area contributed by atoms with E-state index < -0.39 is 0 Å². The van der Waals surface area contributed by atoms with E-state index in [0.717, 1.165) is 10.4 Å². The van der Waals surface area contributed by atoms with Gasteiger partial charge in [0.15, 0.2) is 5.65 Å². The molecule has 0 fully saturated rings. The highest BCUT2D eigenvalue weighted by molar-refractivity contribution is 7.03. The Morgan fingerprint density at radius 1 is 1.12 bits per heavy atom. The Balaban J connectivity index is 2.25. The van der Waals surface area contributed by atoms with Gasteiger partial charge in [0.05, 0.1) is 0 Å². The van der Waals surface area contributed by atoms with Crippen LogP contribution in [0.25, 0.3) is 5.65 Å². The topological polar surface area (TPSA) is 49.9 Å². The van der Waals surface area contributed by atoms with Gasteiger partial charge in [-0.3, -0.25) is 4.40 Å². The van der Waals surface area contributed by atoms with Gasteiger partial charge in [-0.1, -0.05) is 18.2 Å². The summed E-state index contributed by atoms with van der Waals surface area (Å²) in [6, 6.07) is 12.8. The van der Waals surface area contributed by atoms with E-state index in [1.807, 2.05) is 34.9 Å². The smallest absolute Gasteiger partial charge is 0.213 e. The summed E-state index contributed by atoms with van der Waals surface area (Å²) in [5.74, 6) is 0.172. The number of nitrogens with zero attached hydrogens (tertiary/aromatic N) is 3. The molecular formula is C12H9N3OS. The first-order valence-electron chi connectivity index (χ1n) is 5.10. The van der Waals surface area contributed by atoms with Crippen molar-refractivity contribution in [2.24, 2.45) is 4.99 Å². The van der Waals surface area contributed by atoms with Crippen molar-refractivity contribution in [3.63, 3.8) is 0 Å².